The molecule has 0 aliphatic heterocycles. The van der Waals surface area contributed by atoms with Gasteiger partial charge in [-0.3, -0.25) is 9.59 Å². The lowest BCUT2D eigenvalue weighted by atomic mass is 10.2. The summed E-state index contributed by atoms with van der Waals surface area (Å²) < 4.78 is 5.12. The van der Waals surface area contributed by atoms with Crippen molar-refractivity contribution >= 4 is 40.9 Å². The zero-order valence-electron chi connectivity index (χ0n) is 13.6. The maximum Gasteiger partial charge on any atom is 0.255 e. The predicted molar refractivity (Wildman–Crippen MR) is 102 cm³/mol. The molecular formula is C20H15ClN2O3. The van der Waals surface area contributed by atoms with Crippen molar-refractivity contribution < 1.29 is 14.0 Å². The van der Waals surface area contributed by atoms with Crippen LogP contribution in [0.25, 0.3) is 6.08 Å². The first kappa shape index (κ1) is 17.5. The molecule has 1 heterocycles. The van der Waals surface area contributed by atoms with E-state index in [4.69, 9.17) is 16.0 Å². The van der Waals surface area contributed by atoms with Gasteiger partial charge in [0.15, 0.2) is 0 Å². The number of hydrogen-bond donors (Lipinski definition) is 2. The normalized spacial score (nSPS) is 10.7. The van der Waals surface area contributed by atoms with Crippen molar-refractivity contribution in [1.82, 2.24) is 0 Å². The molecule has 0 radical (unpaired) electrons. The summed E-state index contributed by atoms with van der Waals surface area (Å²) in [5.74, 6) is -0.00362. The van der Waals surface area contributed by atoms with Crippen LogP contribution >= 0.6 is 11.6 Å². The van der Waals surface area contributed by atoms with Gasteiger partial charge < -0.3 is 15.1 Å². The lowest BCUT2D eigenvalue weighted by Crippen LogP contribution is -2.12. The third-order valence-corrected chi connectivity index (χ3v) is 3.65. The van der Waals surface area contributed by atoms with Crippen LogP contribution in [0.4, 0.5) is 11.4 Å². The van der Waals surface area contributed by atoms with Crippen LogP contribution in [0, 0.1) is 0 Å². The first-order chi connectivity index (χ1) is 12.6. The highest BCUT2D eigenvalue weighted by atomic mass is 35.5. The van der Waals surface area contributed by atoms with Crippen LogP contribution in [-0.2, 0) is 4.79 Å². The van der Waals surface area contributed by atoms with Gasteiger partial charge in [-0.25, -0.2) is 0 Å². The summed E-state index contributed by atoms with van der Waals surface area (Å²) >= 11 is 5.90. The fraction of sp³-hybridized carbons (Fsp3) is 0. The van der Waals surface area contributed by atoms with E-state index in [0.29, 0.717) is 27.7 Å². The minimum atomic E-state index is -0.306. The van der Waals surface area contributed by atoms with Crippen molar-refractivity contribution in [3.8, 4) is 0 Å². The Bertz CT molecular complexity index is 949. The highest BCUT2D eigenvalue weighted by Gasteiger charge is 2.07. The summed E-state index contributed by atoms with van der Waals surface area (Å²) in [6.07, 6.45) is 4.47. The fourth-order valence-corrected chi connectivity index (χ4v) is 2.43. The van der Waals surface area contributed by atoms with Gasteiger partial charge in [-0.1, -0.05) is 23.7 Å². The number of carbonyl (C=O) groups excluding carboxylic acids is 2. The molecule has 130 valence electrons. The minimum Gasteiger partial charge on any atom is -0.465 e. The zero-order chi connectivity index (χ0) is 18.4. The zero-order valence-corrected chi connectivity index (χ0v) is 14.4. The standard InChI is InChI=1S/C20H15ClN2O3/c21-15-5-1-4-14(12-15)20(25)23-17-7-2-6-16(13-17)22-19(24)10-9-18-8-3-11-26-18/h1-13H,(H,22,24)(H,23,25)/b10-9-. The van der Waals surface area contributed by atoms with Crippen molar-refractivity contribution in [3.05, 3.63) is 89.3 Å². The Morgan fingerprint density at radius 1 is 0.923 bits per heavy atom. The molecule has 0 atom stereocenters. The number of furan rings is 1. The number of benzene rings is 2. The molecule has 26 heavy (non-hydrogen) atoms. The Kier molecular flexibility index (Phi) is 5.51. The Balaban J connectivity index is 1.64. The van der Waals surface area contributed by atoms with E-state index in [9.17, 15) is 9.59 Å². The molecule has 5 nitrogen and oxygen atoms in total. The number of halogens is 1. The van der Waals surface area contributed by atoms with Gasteiger partial charge >= 0.3 is 0 Å². The number of rotatable bonds is 5. The van der Waals surface area contributed by atoms with Gasteiger partial charge in [0, 0.05) is 28.0 Å². The van der Waals surface area contributed by atoms with Gasteiger partial charge in [0.05, 0.1) is 6.26 Å². The van der Waals surface area contributed by atoms with Gasteiger partial charge in [0.2, 0.25) is 5.91 Å². The highest BCUT2D eigenvalue weighted by Crippen LogP contribution is 2.17. The summed E-state index contributed by atoms with van der Waals surface area (Å²) in [5, 5.41) is 5.99. The molecular weight excluding hydrogens is 352 g/mol. The van der Waals surface area contributed by atoms with E-state index >= 15 is 0 Å². The average Bonchev–Trinajstić information content (AvgIpc) is 3.14. The molecule has 3 aromatic rings. The van der Waals surface area contributed by atoms with Crippen LogP contribution in [0.2, 0.25) is 5.02 Å². The second-order valence-electron chi connectivity index (χ2n) is 5.38. The van der Waals surface area contributed by atoms with E-state index in [-0.39, 0.29) is 11.8 Å². The third-order valence-electron chi connectivity index (χ3n) is 3.42. The maximum atomic E-state index is 12.3. The molecule has 2 amide bonds. The summed E-state index contributed by atoms with van der Waals surface area (Å²) in [6, 6.07) is 17.0. The van der Waals surface area contributed by atoms with Gasteiger partial charge in [0.1, 0.15) is 5.76 Å². The molecule has 0 saturated heterocycles. The van der Waals surface area contributed by atoms with Crippen LogP contribution in [0.1, 0.15) is 16.1 Å². The summed E-state index contributed by atoms with van der Waals surface area (Å²) in [5.41, 5.74) is 1.57. The molecule has 0 saturated carbocycles. The Morgan fingerprint density at radius 3 is 2.42 bits per heavy atom. The molecule has 0 fully saturated rings. The maximum absolute atomic E-state index is 12.3. The summed E-state index contributed by atoms with van der Waals surface area (Å²) in [7, 11) is 0. The number of amides is 2. The van der Waals surface area contributed by atoms with E-state index in [0.717, 1.165) is 0 Å². The van der Waals surface area contributed by atoms with Gasteiger partial charge in [0.25, 0.3) is 5.91 Å². The lowest BCUT2D eigenvalue weighted by Gasteiger charge is -2.08. The van der Waals surface area contributed by atoms with E-state index in [2.05, 4.69) is 10.6 Å². The molecule has 0 unspecified atom stereocenters. The first-order valence-corrected chi connectivity index (χ1v) is 8.17. The summed E-state index contributed by atoms with van der Waals surface area (Å²) in [4.78, 5) is 24.2. The smallest absolute Gasteiger partial charge is 0.255 e. The topological polar surface area (TPSA) is 71.3 Å². The second-order valence-corrected chi connectivity index (χ2v) is 5.82. The first-order valence-electron chi connectivity index (χ1n) is 7.80. The Morgan fingerprint density at radius 2 is 1.69 bits per heavy atom. The van der Waals surface area contributed by atoms with Gasteiger partial charge in [-0.15, -0.1) is 0 Å². The van der Waals surface area contributed by atoms with E-state index in [1.54, 1.807) is 66.7 Å². The quantitative estimate of drug-likeness (QED) is 0.635. The lowest BCUT2D eigenvalue weighted by molar-refractivity contribution is -0.111. The van der Waals surface area contributed by atoms with Crippen molar-refractivity contribution in [2.45, 2.75) is 0 Å². The largest absolute Gasteiger partial charge is 0.465 e. The molecule has 3 rings (SSSR count). The van der Waals surface area contributed by atoms with Crippen LogP contribution in [0.15, 0.2) is 77.4 Å². The van der Waals surface area contributed by atoms with Crippen molar-refractivity contribution in [3.63, 3.8) is 0 Å². The minimum absolute atomic E-state index is 0.284. The molecule has 2 aromatic carbocycles. The molecule has 2 N–H and O–H groups in total. The highest BCUT2D eigenvalue weighted by molar-refractivity contribution is 6.31. The van der Waals surface area contributed by atoms with Crippen molar-refractivity contribution in [2.75, 3.05) is 10.6 Å². The third kappa shape index (κ3) is 4.84. The Hall–Kier alpha value is -3.31. The van der Waals surface area contributed by atoms with Gasteiger partial charge in [-0.2, -0.15) is 0 Å². The predicted octanol–water partition coefficient (Wildman–Crippen LogP) is 4.84. The van der Waals surface area contributed by atoms with Crippen molar-refractivity contribution in [1.29, 1.82) is 0 Å². The molecule has 0 spiro atoms. The second kappa shape index (κ2) is 8.18. The van der Waals surface area contributed by atoms with E-state index < -0.39 is 0 Å². The fourth-order valence-electron chi connectivity index (χ4n) is 2.24. The van der Waals surface area contributed by atoms with Crippen LogP contribution < -0.4 is 10.6 Å². The average molecular weight is 367 g/mol. The number of carbonyl (C=O) groups is 2. The van der Waals surface area contributed by atoms with Crippen LogP contribution in [0.3, 0.4) is 0 Å². The van der Waals surface area contributed by atoms with Crippen LogP contribution in [0.5, 0.6) is 0 Å². The molecule has 0 aliphatic carbocycles. The molecule has 0 aliphatic rings. The molecule has 1 aromatic heterocycles. The van der Waals surface area contributed by atoms with Crippen molar-refractivity contribution in [2.24, 2.45) is 0 Å². The molecule has 0 bridgehead atoms. The Labute approximate surface area is 155 Å². The van der Waals surface area contributed by atoms with Crippen LogP contribution in [-0.4, -0.2) is 11.8 Å². The number of anilines is 2. The number of nitrogens with one attached hydrogen (secondary N) is 2. The van der Waals surface area contributed by atoms with Gasteiger partial charge in [-0.05, 0) is 54.6 Å². The molecule has 6 heteroatoms. The monoisotopic (exact) mass is 366 g/mol. The summed E-state index contributed by atoms with van der Waals surface area (Å²) in [6.45, 7) is 0. The van der Waals surface area contributed by atoms with E-state index in [1.165, 1.54) is 12.3 Å². The van der Waals surface area contributed by atoms with E-state index in [1.807, 2.05) is 0 Å². The number of hydrogen-bond acceptors (Lipinski definition) is 3. The SMILES string of the molecule is O=C(/C=C\c1ccco1)Nc1cccc(NC(=O)c2cccc(Cl)c2)c1.